The Labute approximate surface area is 163 Å². The molecule has 0 spiro atoms. The highest BCUT2D eigenvalue weighted by Gasteiger charge is 2.65. The van der Waals surface area contributed by atoms with Crippen LogP contribution in [0, 0.1) is 23.2 Å². The van der Waals surface area contributed by atoms with Gasteiger partial charge in [-0.2, -0.15) is 0 Å². The van der Waals surface area contributed by atoms with Crippen LogP contribution in [0.15, 0.2) is 24.3 Å². The summed E-state index contributed by atoms with van der Waals surface area (Å²) in [5.74, 6) is -2.61. The third-order valence-corrected chi connectivity index (χ3v) is 6.76. The van der Waals surface area contributed by atoms with Crippen LogP contribution in [0.1, 0.15) is 26.2 Å². The molecule has 3 fully saturated rings. The van der Waals surface area contributed by atoms with Gasteiger partial charge < -0.3 is 29.5 Å². The van der Waals surface area contributed by atoms with Crippen molar-refractivity contribution in [3.63, 3.8) is 0 Å². The predicted molar refractivity (Wildman–Crippen MR) is 96.6 cm³/mol. The summed E-state index contributed by atoms with van der Waals surface area (Å²) in [6.07, 6.45) is -1.86. The molecule has 0 aromatic heterocycles. The maximum atomic E-state index is 12.3. The maximum absolute atomic E-state index is 12.3. The number of aliphatic hydroxyl groups is 3. The highest BCUT2D eigenvalue weighted by molar-refractivity contribution is 5.89. The molecule has 8 heteroatoms. The summed E-state index contributed by atoms with van der Waals surface area (Å²) >= 11 is 0. The Balaban J connectivity index is 2.01. The number of hydrogen-bond donors (Lipinski definition) is 3. The van der Waals surface area contributed by atoms with Crippen molar-refractivity contribution in [3.8, 4) is 0 Å². The number of hydrogen-bond acceptors (Lipinski definition) is 8. The zero-order valence-electron chi connectivity index (χ0n) is 16.2. The third kappa shape index (κ3) is 3.18. The van der Waals surface area contributed by atoms with Crippen LogP contribution in [0.5, 0.6) is 0 Å². The van der Waals surface area contributed by atoms with Crippen LogP contribution in [0.25, 0.3) is 0 Å². The normalized spacial score (nSPS) is 41.7. The first kappa shape index (κ1) is 21.0. The smallest absolute Gasteiger partial charge is 0.336 e. The molecule has 28 heavy (non-hydrogen) atoms. The van der Waals surface area contributed by atoms with Gasteiger partial charge in [-0.15, -0.1) is 0 Å². The Morgan fingerprint density at radius 3 is 2.50 bits per heavy atom. The molecule has 0 radical (unpaired) electrons. The van der Waals surface area contributed by atoms with Crippen LogP contribution in [0.3, 0.4) is 0 Å². The summed E-state index contributed by atoms with van der Waals surface area (Å²) < 4.78 is 16.2. The highest BCUT2D eigenvalue weighted by Crippen LogP contribution is 2.60. The summed E-state index contributed by atoms with van der Waals surface area (Å²) in [6.45, 7) is 8.64. The van der Waals surface area contributed by atoms with E-state index in [2.05, 4.69) is 13.2 Å². The molecule has 156 valence electrons. The number of esters is 2. The van der Waals surface area contributed by atoms with Crippen molar-refractivity contribution in [2.24, 2.45) is 23.2 Å². The summed E-state index contributed by atoms with van der Waals surface area (Å²) in [4.78, 5) is 24.5. The van der Waals surface area contributed by atoms with Gasteiger partial charge in [0, 0.05) is 22.8 Å². The minimum atomic E-state index is -1.03. The first-order chi connectivity index (χ1) is 13.2. The van der Waals surface area contributed by atoms with Gasteiger partial charge in [-0.25, -0.2) is 9.59 Å². The van der Waals surface area contributed by atoms with E-state index >= 15 is 0 Å². The summed E-state index contributed by atoms with van der Waals surface area (Å²) in [5, 5.41) is 30.4. The number of carbonyl (C=O) groups excluding carboxylic acids is 2. The average Bonchev–Trinajstić information content (AvgIpc) is 3.00. The van der Waals surface area contributed by atoms with Gasteiger partial charge in [0.1, 0.15) is 6.10 Å². The van der Waals surface area contributed by atoms with Gasteiger partial charge in [0.15, 0.2) is 6.29 Å². The fraction of sp³-hybridized carbons (Fsp3) is 0.700. The molecule has 0 aromatic rings. The highest BCUT2D eigenvalue weighted by atomic mass is 16.6. The number of carbonyl (C=O) groups is 2. The molecule has 8 nitrogen and oxygen atoms in total. The molecule has 0 aromatic carbocycles. The third-order valence-electron chi connectivity index (χ3n) is 6.76. The molecule has 3 N–H and O–H groups in total. The van der Waals surface area contributed by atoms with Gasteiger partial charge in [0.2, 0.25) is 0 Å². The molecule has 2 aliphatic carbocycles. The maximum Gasteiger partial charge on any atom is 0.336 e. The fourth-order valence-electron chi connectivity index (χ4n) is 5.30. The first-order valence-electron chi connectivity index (χ1n) is 9.44. The van der Waals surface area contributed by atoms with Crippen molar-refractivity contribution < 1.29 is 39.1 Å². The molecule has 8 atom stereocenters. The second kappa shape index (κ2) is 7.59. The van der Waals surface area contributed by atoms with Gasteiger partial charge in [-0.1, -0.05) is 20.1 Å². The number of aliphatic hydroxyl groups excluding tert-OH is 3. The minimum Gasteiger partial charge on any atom is -0.466 e. The number of rotatable bonds is 5. The largest absolute Gasteiger partial charge is 0.466 e. The molecule has 0 bridgehead atoms. The van der Waals surface area contributed by atoms with Crippen LogP contribution in [-0.4, -0.2) is 65.6 Å². The average molecular weight is 396 g/mol. The standard InChI is InChI=1S/C20H28O8/c1-9(8-21)17(23)27-12-7-20(3)13(22)6-5-11-15(20)16(28-19(11)25)14(12)10(2)18(24)26-4/h11-16,19,21-22,25H,1-2,5-8H2,3-4H3/t11-,12+,13-,14-,15-,16+,19+,20+/m1/s1. The number of methoxy groups -OCH3 is 1. The van der Waals surface area contributed by atoms with Crippen molar-refractivity contribution in [2.45, 2.75) is 50.8 Å². The van der Waals surface area contributed by atoms with E-state index in [0.29, 0.717) is 12.8 Å². The van der Waals surface area contributed by atoms with E-state index in [4.69, 9.17) is 19.3 Å². The lowest BCUT2D eigenvalue weighted by Gasteiger charge is -2.54. The van der Waals surface area contributed by atoms with Crippen LogP contribution in [0.4, 0.5) is 0 Å². The molecule has 3 rings (SSSR count). The molecule has 1 heterocycles. The van der Waals surface area contributed by atoms with Crippen molar-refractivity contribution in [2.75, 3.05) is 13.7 Å². The molecule has 0 amide bonds. The minimum absolute atomic E-state index is 0.0786. The van der Waals surface area contributed by atoms with E-state index in [1.807, 2.05) is 6.92 Å². The monoisotopic (exact) mass is 396 g/mol. The summed E-state index contributed by atoms with van der Waals surface area (Å²) in [6, 6.07) is 0. The fourth-order valence-corrected chi connectivity index (χ4v) is 5.30. The van der Waals surface area contributed by atoms with Gasteiger partial charge in [0.25, 0.3) is 0 Å². The Hall–Kier alpha value is -1.74. The van der Waals surface area contributed by atoms with Gasteiger partial charge in [-0.3, -0.25) is 0 Å². The Kier molecular flexibility index (Phi) is 5.69. The Morgan fingerprint density at radius 2 is 1.89 bits per heavy atom. The number of ether oxygens (including phenoxy) is 3. The summed E-state index contributed by atoms with van der Waals surface area (Å²) in [5.41, 5.74) is -0.720. The molecule has 1 saturated heterocycles. The van der Waals surface area contributed by atoms with Crippen molar-refractivity contribution in [1.82, 2.24) is 0 Å². The molecular formula is C20H28O8. The quantitative estimate of drug-likeness (QED) is 0.448. The zero-order chi connectivity index (χ0) is 20.8. The molecule has 1 aliphatic heterocycles. The zero-order valence-corrected chi connectivity index (χ0v) is 16.2. The molecule has 0 unspecified atom stereocenters. The first-order valence-corrected chi connectivity index (χ1v) is 9.44. The summed E-state index contributed by atoms with van der Waals surface area (Å²) in [7, 11) is 1.23. The van der Waals surface area contributed by atoms with Crippen LogP contribution in [-0.2, 0) is 23.8 Å². The topological polar surface area (TPSA) is 123 Å². The van der Waals surface area contributed by atoms with Crippen LogP contribution in [0.2, 0.25) is 0 Å². The lowest BCUT2D eigenvalue weighted by atomic mass is 9.52. The van der Waals surface area contributed by atoms with Crippen molar-refractivity contribution >= 4 is 11.9 Å². The molecular weight excluding hydrogens is 368 g/mol. The molecule has 2 saturated carbocycles. The second-order valence-corrected chi connectivity index (χ2v) is 8.23. The van der Waals surface area contributed by atoms with Gasteiger partial charge in [0.05, 0.1) is 37.4 Å². The SMILES string of the molecule is C=C(CO)C(=O)O[C@H]1C[C@]2(C)[C@@H]3[C@@H](CC[C@H]2O)[C@@H](O)O[C@H]3[C@@H]1C(=C)C(=O)OC. The predicted octanol–water partition coefficient (Wildman–Crippen LogP) is 0.306. The Morgan fingerprint density at radius 1 is 1.21 bits per heavy atom. The van der Waals surface area contributed by atoms with E-state index in [1.165, 1.54) is 7.11 Å². The van der Waals surface area contributed by atoms with Gasteiger partial charge in [-0.05, 0) is 19.3 Å². The van der Waals surface area contributed by atoms with Gasteiger partial charge >= 0.3 is 11.9 Å². The van der Waals surface area contributed by atoms with Crippen molar-refractivity contribution in [3.05, 3.63) is 24.3 Å². The lowest BCUT2D eigenvalue weighted by molar-refractivity contribution is -0.183. The molecule has 3 aliphatic rings. The van der Waals surface area contributed by atoms with Crippen LogP contribution < -0.4 is 0 Å². The Bertz CT molecular complexity index is 688. The lowest BCUT2D eigenvalue weighted by Crippen LogP contribution is -2.59. The van der Waals surface area contributed by atoms with Crippen molar-refractivity contribution in [1.29, 1.82) is 0 Å². The second-order valence-electron chi connectivity index (χ2n) is 8.23. The van der Waals surface area contributed by atoms with E-state index in [-0.39, 0.29) is 29.4 Å². The van der Waals surface area contributed by atoms with E-state index in [9.17, 15) is 19.8 Å². The van der Waals surface area contributed by atoms with E-state index in [1.54, 1.807) is 0 Å². The van der Waals surface area contributed by atoms with Crippen LogP contribution >= 0.6 is 0 Å². The van der Waals surface area contributed by atoms with E-state index in [0.717, 1.165) is 0 Å². The van der Waals surface area contributed by atoms with E-state index < -0.39 is 54.5 Å².